The quantitative estimate of drug-likeness (QED) is 0.810. The van der Waals surface area contributed by atoms with Gasteiger partial charge in [-0.05, 0) is 18.4 Å². The van der Waals surface area contributed by atoms with Gasteiger partial charge in [-0.25, -0.2) is 0 Å². The number of thiophene rings is 1. The molecule has 0 aliphatic carbocycles. The van der Waals surface area contributed by atoms with E-state index in [1.54, 1.807) is 26.2 Å². The van der Waals surface area contributed by atoms with E-state index in [1.165, 1.54) is 21.1 Å². The molecule has 0 unspecified atom stereocenters. The number of carbonyl (C=O) groups excluding carboxylic acids is 3. The lowest BCUT2D eigenvalue weighted by molar-refractivity contribution is -0.138. The minimum atomic E-state index is -0.176. The van der Waals surface area contributed by atoms with Gasteiger partial charge in [-0.1, -0.05) is 6.07 Å². The number of carbonyl (C=O) groups is 3. The molecule has 6 nitrogen and oxygen atoms in total. The molecule has 0 atom stereocenters. The molecule has 0 radical (unpaired) electrons. The first-order valence-corrected chi connectivity index (χ1v) is 7.63. The van der Waals surface area contributed by atoms with Crippen LogP contribution in [0.5, 0.6) is 0 Å². The highest BCUT2D eigenvalue weighted by molar-refractivity contribution is 7.12. The molecule has 116 valence electrons. The van der Waals surface area contributed by atoms with Crippen LogP contribution in [0.2, 0.25) is 0 Å². The lowest BCUT2D eigenvalue weighted by Gasteiger charge is -2.22. The Kier molecular flexibility index (Phi) is 6.87. The Bertz CT molecular complexity index is 486. The van der Waals surface area contributed by atoms with E-state index >= 15 is 0 Å². The molecule has 3 amide bonds. The van der Waals surface area contributed by atoms with Crippen molar-refractivity contribution in [2.45, 2.75) is 13.3 Å². The molecule has 0 aromatic carbocycles. The molecule has 1 rings (SSSR count). The molecule has 0 saturated carbocycles. The highest BCUT2D eigenvalue weighted by Gasteiger charge is 2.16. The molecule has 0 spiro atoms. The first-order chi connectivity index (χ1) is 9.95. The van der Waals surface area contributed by atoms with Crippen LogP contribution in [-0.2, 0) is 9.59 Å². The second kappa shape index (κ2) is 8.41. The van der Waals surface area contributed by atoms with Crippen molar-refractivity contribution >= 4 is 29.1 Å². The fourth-order valence-electron chi connectivity index (χ4n) is 1.62. The van der Waals surface area contributed by atoms with Crippen LogP contribution in [0.3, 0.4) is 0 Å². The van der Waals surface area contributed by atoms with Gasteiger partial charge in [-0.2, -0.15) is 0 Å². The molecule has 1 aromatic rings. The van der Waals surface area contributed by atoms with E-state index < -0.39 is 0 Å². The van der Waals surface area contributed by atoms with Gasteiger partial charge in [0, 0.05) is 33.6 Å². The monoisotopic (exact) mass is 311 g/mol. The Labute approximate surface area is 128 Å². The van der Waals surface area contributed by atoms with E-state index in [0.717, 1.165) is 0 Å². The SMILES string of the molecule is CCN(CC(=O)N(C)C)C(=O)CCNC(=O)c1cccs1. The number of likely N-dealkylation sites (N-methyl/N-ethyl adjacent to an activating group) is 2. The predicted octanol–water partition coefficient (Wildman–Crippen LogP) is 0.805. The summed E-state index contributed by atoms with van der Waals surface area (Å²) in [5.41, 5.74) is 0. The van der Waals surface area contributed by atoms with Crippen LogP contribution < -0.4 is 5.32 Å². The Morgan fingerprint density at radius 3 is 2.48 bits per heavy atom. The molecule has 0 fully saturated rings. The third-order valence-corrected chi connectivity index (χ3v) is 3.80. The van der Waals surface area contributed by atoms with Gasteiger partial charge in [0.25, 0.3) is 5.91 Å². The minimum Gasteiger partial charge on any atom is -0.351 e. The molecule has 1 aromatic heterocycles. The number of hydrogen-bond donors (Lipinski definition) is 1. The maximum atomic E-state index is 12.0. The van der Waals surface area contributed by atoms with Crippen molar-refractivity contribution in [2.24, 2.45) is 0 Å². The Hall–Kier alpha value is -1.89. The van der Waals surface area contributed by atoms with E-state index in [4.69, 9.17) is 0 Å². The van der Waals surface area contributed by atoms with Gasteiger partial charge in [0.2, 0.25) is 11.8 Å². The second-order valence-corrected chi connectivity index (χ2v) is 5.63. The number of amides is 3. The van der Waals surface area contributed by atoms with Crippen LogP contribution in [0.4, 0.5) is 0 Å². The molecular weight excluding hydrogens is 290 g/mol. The summed E-state index contributed by atoms with van der Waals surface area (Å²) in [4.78, 5) is 38.9. The molecular formula is C14H21N3O3S. The summed E-state index contributed by atoms with van der Waals surface area (Å²) in [5.74, 6) is -0.433. The lowest BCUT2D eigenvalue weighted by atomic mass is 10.3. The highest BCUT2D eigenvalue weighted by Crippen LogP contribution is 2.07. The summed E-state index contributed by atoms with van der Waals surface area (Å²) in [6.45, 7) is 2.63. The third-order valence-electron chi connectivity index (χ3n) is 2.93. The Balaban J connectivity index is 2.37. The van der Waals surface area contributed by atoms with Crippen LogP contribution in [-0.4, -0.2) is 61.3 Å². The summed E-state index contributed by atoms with van der Waals surface area (Å²) in [7, 11) is 3.31. The third kappa shape index (κ3) is 5.55. The van der Waals surface area contributed by atoms with Crippen molar-refractivity contribution in [1.82, 2.24) is 15.1 Å². The van der Waals surface area contributed by atoms with E-state index in [1.807, 2.05) is 12.3 Å². The lowest BCUT2D eigenvalue weighted by Crippen LogP contribution is -2.41. The minimum absolute atomic E-state index is 0.0706. The molecule has 7 heteroatoms. The Morgan fingerprint density at radius 1 is 1.24 bits per heavy atom. The topological polar surface area (TPSA) is 69.7 Å². The van der Waals surface area contributed by atoms with Gasteiger partial charge in [0.1, 0.15) is 0 Å². The van der Waals surface area contributed by atoms with Crippen LogP contribution in [0.25, 0.3) is 0 Å². The van der Waals surface area contributed by atoms with Crippen LogP contribution in [0, 0.1) is 0 Å². The van der Waals surface area contributed by atoms with Gasteiger partial charge in [-0.3, -0.25) is 14.4 Å². The van der Waals surface area contributed by atoms with Crippen LogP contribution in [0.1, 0.15) is 23.0 Å². The fourth-order valence-corrected chi connectivity index (χ4v) is 2.26. The van der Waals surface area contributed by atoms with E-state index in [-0.39, 0.29) is 37.2 Å². The Morgan fingerprint density at radius 2 is 1.95 bits per heavy atom. The van der Waals surface area contributed by atoms with Crippen molar-refractivity contribution in [2.75, 3.05) is 33.7 Å². The normalized spacial score (nSPS) is 10.0. The summed E-state index contributed by atoms with van der Waals surface area (Å²) in [5, 5.41) is 4.52. The van der Waals surface area contributed by atoms with Crippen LogP contribution in [0.15, 0.2) is 17.5 Å². The summed E-state index contributed by atoms with van der Waals surface area (Å²) in [6.07, 6.45) is 0.186. The zero-order valence-electron chi connectivity index (χ0n) is 12.6. The fraction of sp³-hybridized carbons (Fsp3) is 0.500. The number of hydrogen-bond acceptors (Lipinski definition) is 4. The number of rotatable bonds is 7. The van der Waals surface area contributed by atoms with Crippen molar-refractivity contribution in [3.05, 3.63) is 22.4 Å². The molecule has 0 aliphatic heterocycles. The van der Waals surface area contributed by atoms with Crippen molar-refractivity contribution in [3.8, 4) is 0 Å². The first-order valence-electron chi connectivity index (χ1n) is 6.75. The van der Waals surface area contributed by atoms with Crippen molar-refractivity contribution in [3.63, 3.8) is 0 Å². The largest absolute Gasteiger partial charge is 0.351 e. The zero-order valence-corrected chi connectivity index (χ0v) is 13.4. The van der Waals surface area contributed by atoms with Gasteiger partial charge in [-0.15, -0.1) is 11.3 Å². The molecule has 0 aliphatic rings. The van der Waals surface area contributed by atoms with E-state index in [0.29, 0.717) is 11.4 Å². The smallest absolute Gasteiger partial charge is 0.261 e. The van der Waals surface area contributed by atoms with Gasteiger partial charge in [0.05, 0.1) is 11.4 Å². The maximum Gasteiger partial charge on any atom is 0.261 e. The molecule has 0 bridgehead atoms. The second-order valence-electron chi connectivity index (χ2n) is 4.68. The van der Waals surface area contributed by atoms with Crippen molar-refractivity contribution in [1.29, 1.82) is 0 Å². The van der Waals surface area contributed by atoms with Gasteiger partial charge < -0.3 is 15.1 Å². The molecule has 21 heavy (non-hydrogen) atoms. The first kappa shape index (κ1) is 17.2. The van der Waals surface area contributed by atoms with Crippen LogP contribution >= 0.6 is 11.3 Å². The molecule has 0 saturated heterocycles. The summed E-state index contributed by atoms with van der Waals surface area (Å²) < 4.78 is 0. The molecule has 1 N–H and O–H groups in total. The highest BCUT2D eigenvalue weighted by atomic mass is 32.1. The maximum absolute atomic E-state index is 12.0. The van der Waals surface area contributed by atoms with E-state index in [2.05, 4.69) is 5.32 Å². The summed E-state index contributed by atoms with van der Waals surface area (Å²) >= 11 is 1.35. The van der Waals surface area contributed by atoms with Gasteiger partial charge in [0.15, 0.2) is 0 Å². The van der Waals surface area contributed by atoms with E-state index in [9.17, 15) is 14.4 Å². The standard InChI is InChI=1S/C14H21N3O3S/c1-4-17(10-13(19)16(2)3)12(18)7-8-15-14(20)11-6-5-9-21-11/h5-6,9H,4,7-8,10H2,1-3H3,(H,15,20). The molecule has 1 heterocycles. The van der Waals surface area contributed by atoms with Gasteiger partial charge >= 0.3 is 0 Å². The number of nitrogens with one attached hydrogen (secondary N) is 1. The zero-order chi connectivity index (χ0) is 15.8. The predicted molar refractivity (Wildman–Crippen MR) is 82.2 cm³/mol. The number of nitrogens with zero attached hydrogens (tertiary/aromatic N) is 2. The average molecular weight is 311 g/mol. The average Bonchev–Trinajstić information content (AvgIpc) is 2.98. The summed E-state index contributed by atoms with van der Waals surface area (Å²) in [6, 6.07) is 3.53. The van der Waals surface area contributed by atoms with Crippen molar-refractivity contribution < 1.29 is 14.4 Å².